The first-order valence-corrected chi connectivity index (χ1v) is 6.51. The molecule has 0 spiro atoms. The zero-order valence-electron chi connectivity index (χ0n) is 10.9. The molecule has 0 heterocycles. The molecule has 0 aromatic heterocycles. The molecule has 0 saturated heterocycles. The Labute approximate surface area is 111 Å². The molecule has 2 saturated carbocycles. The lowest BCUT2D eigenvalue weighted by molar-refractivity contribution is -0.135. The van der Waals surface area contributed by atoms with Crippen LogP contribution >= 0.6 is 0 Å². The molecule has 104 valence electrons. The van der Waals surface area contributed by atoms with Crippen molar-refractivity contribution in [1.29, 1.82) is 0 Å². The van der Waals surface area contributed by atoms with Crippen molar-refractivity contribution in [3.05, 3.63) is 11.8 Å². The topological polar surface area (TPSA) is 89.7 Å². The Balaban J connectivity index is 2.12. The minimum absolute atomic E-state index is 0.0114. The second-order valence-corrected chi connectivity index (χ2v) is 4.91. The minimum atomic E-state index is -0.668. The first-order chi connectivity index (χ1) is 9.02. The number of carbonyl (C=O) groups is 3. The van der Waals surface area contributed by atoms with Gasteiger partial charge in [-0.2, -0.15) is 0 Å². The highest BCUT2D eigenvalue weighted by Crippen LogP contribution is 2.30. The number of carbonyl (C=O) groups excluding carboxylic acids is 3. The van der Waals surface area contributed by atoms with Gasteiger partial charge in [0.1, 0.15) is 0 Å². The van der Waals surface area contributed by atoms with Crippen LogP contribution in [-0.4, -0.2) is 35.2 Å². The van der Waals surface area contributed by atoms with Crippen molar-refractivity contribution < 1.29 is 19.2 Å². The molecule has 1 amide bonds. The van der Waals surface area contributed by atoms with Crippen LogP contribution in [0, 0.1) is 5.92 Å². The minimum Gasteiger partial charge on any atom is -0.369 e. The number of nitrogens with zero attached hydrogens (tertiary/aromatic N) is 1. The molecule has 19 heavy (non-hydrogen) atoms. The summed E-state index contributed by atoms with van der Waals surface area (Å²) in [5.41, 5.74) is 5.27. The first kappa shape index (κ1) is 13.7. The lowest BCUT2D eigenvalue weighted by Gasteiger charge is -2.23. The van der Waals surface area contributed by atoms with Gasteiger partial charge in [0.2, 0.25) is 5.91 Å². The summed E-state index contributed by atoms with van der Waals surface area (Å²) >= 11 is 0. The van der Waals surface area contributed by atoms with Crippen LogP contribution < -0.4 is 5.73 Å². The van der Waals surface area contributed by atoms with Crippen molar-refractivity contribution in [2.45, 2.75) is 38.6 Å². The summed E-state index contributed by atoms with van der Waals surface area (Å²) in [6, 6.07) is 0.252. The Morgan fingerprint density at radius 1 is 1.37 bits per heavy atom. The molecule has 0 radical (unpaired) electrons. The zero-order chi connectivity index (χ0) is 14.0. The van der Waals surface area contributed by atoms with E-state index in [1.807, 2.05) is 6.92 Å². The number of hydroxylamine groups is 2. The van der Waals surface area contributed by atoms with E-state index in [1.54, 1.807) is 5.06 Å². The van der Waals surface area contributed by atoms with E-state index < -0.39 is 11.8 Å². The second-order valence-electron chi connectivity index (χ2n) is 4.91. The van der Waals surface area contributed by atoms with Gasteiger partial charge in [-0.3, -0.25) is 24.3 Å². The predicted molar refractivity (Wildman–Crippen MR) is 66.5 cm³/mol. The van der Waals surface area contributed by atoms with Gasteiger partial charge in [0.25, 0.3) is 0 Å². The average Bonchev–Trinajstić information content (AvgIpc) is 3.16. The molecule has 2 aliphatic carbocycles. The van der Waals surface area contributed by atoms with Crippen LogP contribution in [0.3, 0.4) is 0 Å². The van der Waals surface area contributed by atoms with Crippen molar-refractivity contribution in [3.8, 4) is 0 Å². The van der Waals surface area contributed by atoms with Crippen molar-refractivity contribution in [3.63, 3.8) is 0 Å². The summed E-state index contributed by atoms with van der Waals surface area (Å²) in [5, 5.41) is 1.59. The zero-order valence-corrected chi connectivity index (χ0v) is 10.9. The van der Waals surface area contributed by atoms with Gasteiger partial charge in [-0.15, -0.1) is 0 Å². The summed E-state index contributed by atoms with van der Waals surface area (Å²) in [5.74, 6) is -1.92. The number of hydrogen-bond donors (Lipinski definition) is 1. The third kappa shape index (κ3) is 3.20. The fraction of sp³-hybridized carbons (Fsp3) is 0.615. The summed E-state index contributed by atoms with van der Waals surface area (Å²) in [4.78, 5) is 40.3. The number of hydrogen-bond acceptors (Lipinski definition) is 5. The number of ketones is 2. The van der Waals surface area contributed by atoms with Crippen LogP contribution in [0.1, 0.15) is 32.6 Å². The standard InChI is InChI=1S/C13H18N2O4/c1-2-19-15(9-3-4-9)7-10-11(16)5-8(13(14)18)6-12(10)17/h7-9H,2-6H2,1H3,(H2,14,18). The van der Waals surface area contributed by atoms with Gasteiger partial charge in [-0.25, -0.2) is 0 Å². The molecule has 0 aliphatic heterocycles. The highest BCUT2D eigenvalue weighted by atomic mass is 16.7. The molecule has 2 aliphatic rings. The normalized spacial score (nSPS) is 23.4. The fourth-order valence-electron chi connectivity index (χ4n) is 2.09. The molecule has 0 bridgehead atoms. The van der Waals surface area contributed by atoms with E-state index in [9.17, 15) is 14.4 Å². The second kappa shape index (κ2) is 5.52. The molecule has 6 heteroatoms. The molecule has 2 fully saturated rings. The largest absolute Gasteiger partial charge is 0.369 e. The Hall–Kier alpha value is -1.69. The maximum absolute atomic E-state index is 11.9. The van der Waals surface area contributed by atoms with Crippen LogP contribution in [0.2, 0.25) is 0 Å². The van der Waals surface area contributed by atoms with E-state index in [0.29, 0.717) is 6.61 Å². The molecule has 0 unspecified atom stereocenters. The highest BCUT2D eigenvalue weighted by Gasteiger charge is 2.35. The Morgan fingerprint density at radius 2 is 1.95 bits per heavy atom. The summed E-state index contributed by atoms with van der Waals surface area (Å²) in [7, 11) is 0. The number of primary amides is 1. The van der Waals surface area contributed by atoms with Gasteiger partial charge in [0.05, 0.1) is 24.1 Å². The summed E-state index contributed by atoms with van der Waals surface area (Å²) in [6.45, 7) is 2.33. The Bertz CT molecular complexity index is 420. The number of allylic oxidation sites excluding steroid dienone is 1. The van der Waals surface area contributed by atoms with Crippen LogP contribution in [0.5, 0.6) is 0 Å². The van der Waals surface area contributed by atoms with Crippen molar-refractivity contribution in [1.82, 2.24) is 5.06 Å². The fourth-order valence-corrected chi connectivity index (χ4v) is 2.09. The SMILES string of the molecule is CCON(C=C1C(=O)CC(C(N)=O)CC1=O)C1CC1. The lowest BCUT2D eigenvalue weighted by Crippen LogP contribution is -2.35. The quantitative estimate of drug-likeness (QED) is 0.439. The van der Waals surface area contributed by atoms with Crippen LogP contribution in [0.4, 0.5) is 0 Å². The molecule has 0 atom stereocenters. The number of amides is 1. The number of nitrogens with two attached hydrogens (primary N) is 1. The van der Waals surface area contributed by atoms with Crippen molar-refractivity contribution >= 4 is 17.5 Å². The third-order valence-corrected chi connectivity index (χ3v) is 3.31. The van der Waals surface area contributed by atoms with Gasteiger partial charge in [-0.1, -0.05) is 0 Å². The number of rotatable bonds is 5. The molecule has 2 rings (SSSR count). The van der Waals surface area contributed by atoms with Gasteiger partial charge < -0.3 is 5.73 Å². The third-order valence-electron chi connectivity index (χ3n) is 3.31. The number of Topliss-reactive ketones (excluding diaryl/α,β-unsaturated/α-hetero) is 2. The Kier molecular flexibility index (Phi) is 3.99. The monoisotopic (exact) mass is 266 g/mol. The van der Waals surface area contributed by atoms with E-state index in [4.69, 9.17) is 10.6 Å². The molecular weight excluding hydrogens is 248 g/mol. The van der Waals surface area contributed by atoms with Crippen LogP contribution in [0.25, 0.3) is 0 Å². The molecule has 0 aromatic carbocycles. The predicted octanol–water partition coefficient (Wildman–Crippen LogP) is 0.320. The van der Waals surface area contributed by atoms with Crippen molar-refractivity contribution in [2.75, 3.05) is 6.61 Å². The molecular formula is C13H18N2O4. The molecule has 6 nitrogen and oxygen atoms in total. The lowest BCUT2D eigenvalue weighted by atomic mass is 9.84. The average molecular weight is 266 g/mol. The van der Waals surface area contributed by atoms with E-state index in [0.717, 1.165) is 12.8 Å². The smallest absolute Gasteiger partial charge is 0.221 e. The van der Waals surface area contributed by atoms with Gasteiger partial charge in [0.15, 0.2) is 11.6 Å². The van der Waals surface area contributed by atoms with Crippen molar-refractivity contribution in [2.24, 2.45) is 11.7 Å². The summed E-state index contributed by atoms with van der Waals surface area (Å²) < 4.78 is 0. The Morgan fingerprint density at radius 3 is 2.37 bits per heavy atom. The highest BCUT2D eigenvalue weighted by molar-refractivity contribution is 6.23. The summed E-state index contributed by atoms with van der Waals surface area (Å²) in [6.07, 6.45) is 3.50. The first-order valence-electron chi connectivity index (χ1n) is 6.51. The molecule has 0 aromatic rings. The van der Waals surface area contributed by atoms with E-state index in [1.165, 1.54) is 6.20 Å². The maximum atomic E-state index is 11.9. The van der Waals surface area contributed by atoms with E-state index >= 15 is 0 Å². The van der Waals surface area contributed by atoms with Crippen LogP contribution in [-0.2, 0) is 19.2 Å². The van der Waals surface area contributed by atoms with Gasteiger partial charge in [0, 0.05) is 19.0 Å². The maximum Gasteiger partial charge on any atom is 0.221 e. The van der Waals surface area contributed by atoms with E-state index in [2.05, 4.69) is 0 Å². The van der Waals surface area contributed by atoms with Gasteiger partial charge in [-0.05, 0) is 19.8 Å². The molecule has 2 N–H and O–H groups in total. The van der Waals surface area contributed by atoms with Gasteiger partial charge >= 0.3 is 0 Å². The van der Waals surface area contributed by atoms with Crippen LogP contribution in [0.15, 0.2) is 11.8 Å². The van der Waals surface area contributed by atoms with E-state index in [-0.39, 0.29) is 36.0 Å².